The van der Waals surface area contributed by atoms with Crippen LogP contribution in [0.25, 0.3) is 0 Å². The Bertz CT molecular complexity index is 335. The van der Waals surface area contributed by atoms with Gasteiger partial charge in [-0.3, -0.25) is 5.57 Å². The fourth-order valence-electron chi connectivity index (χ4n) is 1.80. The van der Waals surface area contributed by atoms with Crippen LogP contribution in [-0.2, 0) is 16.5 Å². The second kappa shape index (κ2) is 8.64. The first-order chi connectivity index (χ1) is 7.68. The smallest absolute Gasteiger partial charge is 0.514 e. The summed E-state index contributed by atoms with van der Waals surface area (Å²) in [6.07, 6.45) is 0. The molecule has 0 radical (unpaired) electrons. The minimum absolute atomic E-state index is 0. The summed E-state index contributed by atoms with van der Waals surface area (Å²) in [5.74, 6) is 1.07. The van der Waals surface area contributed by atoms with Gasteiger partial charge in [-0.1, -0.05) is 67.2 Å². The Labute approximate surface area is 124 Å². The van der Waals surface area contributed by atoms with E-state index in [1.807, 2.05) is 0 Å². The predicted octanol–water partition coefficient (Wildman–Crippen LogP) is 5.29. The molecule has 0 heterocycles. The minimum atomic E-state index is 0. The average molecular weight is 291 g/mol. The van der Waals surface area contributed by atoms with Crippen molar-refractivity contribution in [2.24, 2.45) is 11.8 Å². The van der Waals surface area contributed by atoms with Crippen molar-refractivity contribution in [3.8, 4) is 0 Å². The second-order valence-electron chi connectivity index (χ2n) is 5.57. The monoisotopic (exact) mass is 290 g/mol. The molecule has 1 rings (SSSR count). The van der Waals surface area contributed by atoms with Crippen LogP contribution in [0.4, 0.5) is 0 Å². The fraction of sp³-hybridized carbons (Fsp3) is 0.588. The first-order valence-electron chi connectivity index (χ1n) is 6.50. The van der Waals surface area contributed by atoms with E-state index in [9.17, 15) is 0 Å². The Balaban J connectivity index is 0. The van der Waals surface area contributed by atoms with E-state index in [0.29, 0.717) is 11.8 Å². The van der Waals surface area contributed by atoms with Crippen molar-refractivity contribution in [2.45, 2.75) is 55.4 Å². The summed E-state index contributed by atoms with van der Waals surface area (Å²) in [5, 5.41) is 0. The van der Waals surface area contributed by atoms with Gasteiger partial charge in [0, 0.05) is 0 Å². The predicted molar refractivity (Wildman–Crippen MR) is 78.5 cm³/mol. The largest absolute Gasteiger partial charge is 2.00 e. The molecule has 0 saturated carbocycles. The topological polar surface area (TPSA) is 0 Å². The summed E-state index contributed by atoms with van der Waals surface area (Å²) in [5.41, 5.74) is 6.85. The van der Waals surface area contributed by atoms with Crippen LogP contribution in [0.5, 0.6) is 0 Å². The van der Waals surface area contributed by atoms with Crippen LogP contribution in [0.3, 0.4) is 0 Å². The first kappa shape index (κ1) is 19.9. The van der Waals surface area contributed by atoms with Crippen LogP contribution in [0.2, 0.25) is 0 Å². The zero-order valence-electron chi connectivity index (χ0n) is 13.1. The summed E-state index contributed by atoms with van der Waals surface area (Å²) >= 11 is 0. The molecule has 0 nitrogen and oxygen atoms in total. The van der Waals surface area contributed by atoms with Crippen molar-refractivity contribution in [3.05, 3.63) is 40.5 Å². The Morgan fingerprint density at radius 1 is 0.833 bits per heavy atom. The number of rotatable bonds is 2. The molecule has 0 unspecified atom stereocenters. The Morgan fingerprint density at radius 2 is 1.11 bits per heavy atom. The third kappa shape index (κ3) is 5.96. The van der Waals surface area contributed by atoms with Gasteiger partial charge in [0.15, 0.2) is 0 Å². The Hall–Kier alpha value is -0.416. The summed E-state index contributed by atoms with van der Waals surface area (Å²) in [6.45, 7) is 22.8. The molecule has 1 heteroatoms. The van der Waals surface area contributed by atoms with Gasteiger partial charge in [-0.2, -0.15) is 28.3 Å². The van der Waals surface area contributed by atoms with Crippen molar-refractivity contribution >= 4 is 0 Å². The maximum Gasteiger partial charge on any atom is 2.00 e. The van der Waals surface area contributed by atoms with Gasteiger partial charge in [0.25, 0.3) is 0 Å². The van der Waals surface area contributed by atoms with Crippen LogP contribution in [0, 0.1) is 46.1 Å². The SMILES string of the molecule is Cc1[cH-]c(C)c(C)c1C.[CH-]=C(C(C)C)C(C)C.[Ni+2]. The first-order valence-corrected chi connectivity index (χ1v) is 6.50. The van der Waals surface area contributed by atoms with Crippen molar-refractivity contribution < 1.29 is 16.5 Å². The molecule has 0 spiro atoms. The number of hydrogen-bond donors (Lipinski definition) is 0. The Kier molecular flexibility index (Phi) is 9.56. The van der Waals surface area contributed by atoms with Gasteiger partial charge in [0.1, 0.15) is 0 Å². The number of hydrogen-bond acceptors (Lipinski definition) is 0. The zero-order valence-corrected chi connectivity index (χ0v) is 14.1. The van der Waals surface area contributed by atoms with Gasteiger partial charge in [-0.15, -0.1) is 0 Å². The molecule has 106 valence electrons. The molecule has 1 aromatic rings. The molecule has 0 fully saturated rings. The van der Waals surface area contributed by atoms with Crippen molar-refractivity contribution in [1.82, 2.24) is 0 Å². The van der Waals surface area contributed by atoms with Crippen molar-refractivity contribution in [3.63, 3.8) is 0 Å². The fourth-order valence-corrected chi connectivity index (χ4v) is 1.80. The van der Waals surface area contributed by atoms with Crippen LogP contribution in [0.15, 0.2) is 11.6 Å². The van der Waals surface area contributed by atoms with E-state index in [1.165, 1.54) is 22.3 Å². The van der Waals surface area contributed by atoms with Crippen LogP contribution < -0.4 is 0 Å². The molecule has 0 saturated heterocycles. The summed E-state index contributed by atoms with van der Waals surface area (Å²) < 4.78 is 0. The van der Waals surface area contributed by atoms with Gasteiger partial charge in [0.05, 0.1) is 0 Å². The summed E-state index contributed by atoms with van der Waals surface area (Å²) in [7, 11) is 0. The molecule has 0 aliphatic rings. The van der Waals surface area contributed by atoms with Gasteiger partial charge in [-0.05, 0) is 0 Å². The molecular weight excluding hydrogens is 263 g/mol. The van der Waals surface area contributed by atoms with E-state index >= 15 is 0 Å². The van der Waals surface area contributed by atoms with E-state index in [1.54, 1.807) is 0 Å². The zero-order chi connectivity index (χ0) is 13.7. The third-order valence-electron chi connectivity index (χ3n) is 3.51. The maximum atomic E-state index is 5.68. The van der Waals surface area contributed by atoms with Crippen LogP contribution in [-0.4, -0.2) is 0 Å². The Morgan fingerprint density at radius 3 is 1.17 bits per heavy atom. The van der Waals surface area contributed by atoms with Crippen LogP contribution >= 0.6 is 0 Å². The molecule has 0 aliphatic carbocycles. The standard InChI is InChI=1S/C9H13.C8H15.Ni/c1-6-5-7(2)9(4)8(6)3;1-6(2)8(5)7(3)4;/h5H,1-4H3;5-7H,1-4H3;/q2*-1;+2. The van der Waals surface area contributed by atoms with E-state index in [0.717, 1.165) is 5.57 Å². The number of allylic oxidation sites excluding steroid dienone is 1. The third-order valence-corrected chi connectivity index (χ3v) is 3.51. The normalized spacial score (nSPS) is 9.89. The summed E-state index contributed by atoms with van der Waals surface area (Å²) in [4.78, 5) is 0. The van der Waals surface area contributed by atoms with Gasteiger partial charge in [-0.25, -0.2) is 0 Å². The van der Waals surface area contributed by atoms with E-state index in [2.05, 4.69) is 61.5 Å². The van der Waals surface area contributed by atoms with Crippen LogP contribution in [0.1, 0.15) is 49.9 Å². The average Bonchev–Trinajstić information content (AvgIpc) is 2.45. The van der Waals surface area contributed by atoms with E-state index in [4.69, 9.17) is 6.58 Å². The quantitative estimate of drug-likeness (QED) is 0.512. The van der Waals surface area contributed by atoms with E-state index in [-0.39, 0.29) is 16.5 Å². The molecule has 0 N–H and O–H groups in total. The molecule has 18 heavy (non-hydrogen) atoms. The van der Waals surface area contributed by atoms with Gasteiger partial charge < -0.3 is 6.58 Å². The molecule has 0 bridgehead atoms. The van der Waals surface area contributed by atoms with E-state index < -0.39 is 0 Å². The van der Waals surface area contributed by atoms with Crippen molar-refractivity contribution in [2.75, 3.05) is 0 Å². The molecular formula is C17H28Ni. The molecule has 1 aromatic carbocycles. The second-order valence-corrected chi connectivity index (χ2v) is 5.57. The van der Waals surface area contributed by atoms with Crippen molar-refractivity contribution in [1.29, 1.82) is 0 Å². The number of aryl methyl sites for hydroxylation is 2. The molecule has 0 aliphatic heterocycles. The van der Waals surface area contributed by atoms with Gasteiger partial charge in [0.2, 0.25) is 0 Å². The molecule has 0 amide bonds. The minimum Gasteiger partial charge on any atom is -0.514 e. The maximum absolute atomic E-state index is 5.68. The van der Waals surface area contributed by atoms with Gasteiger partial charge >= 0.3 is 16.5 Å². The summed E-state index contributed by atoms with van der Waals surface area (Å²) in [6, 6.07) is 2.24. The molecule has 0 aromatic heterocycles. The molecule has 0 atom stereocenters.